The first-order chi connectivity index (χ1) is 15.2. The van der Waals surface area contributed by atoms with Crippen molar-refractivity contribution in [3.05, 3.63) is 66.0 Å². The molecular weight excluding hydrogens is 432 g/mol. The Morgan fingerprint density at radius 1 is 1.06 bits per heavy atom. The van der Waals surface area contributed by atoms with Gasteiger partial charge in [0.1, 0.15) is 0 Å². The van der Waals surface area contributed by atoms with Gasteiger partial charge in [-0.05, 0) is 38.1 Å². The number of nitrogens with zero attached hydrogens (tertiary/aromatic N) is 2. The van der Waals surface area contributed by atoms with E-state index in [9.17, 15) is 18.0 Å². The predicted molar refractivity (Wildman–Crippen MR) is 120 cm³/mol. The number of sulfone groups is 1. The number of aromatic nitrogens is 2. The number of nitrogens with one attached hydrogen (secondary N) is 1. The van der Waals surface area contributed by atoms with Crippen molar-refractivity contribution in [1.82, 2.24) is 9.97 Å². The lowest BCUT2D eigenvalue weighted by atomic mass is 10.1. The zero-order valence-electron chi connectivity index (χ0n) is 17.5. The Morgan fingerprint density at radius 3 is 2.34 bits per heavy atom. The molecule has 1 heterocycles. The van der Waals surface area contributed by atoms with E-state index in [2.05, 4.69) is 20.0 Å². The first kappa shape index (κ1) is 22.9. The van der Waals surface area contributed by atoms with Crippen LogP contribution in [0.15, 0.2) is 59.6 Å². The average Bonchev–Trinajstić information content (AvgIpc) is 2.75. The van der Waals surface area contributed by atoms with Crippen molar-refractivity contribution in [3.63, 3.8) is 0 Å². The van der Waals surface area contributed by atoms with Gasteiger partial charge in [0.05, 0.1) is 23.4 Å². The fourth-order valence-corrected chi connectivity index (χ4v) is 3.92. The van der Waals surface area contributed by atoms with Crippen LogP contribution in [0.4, 0.5) is 11.5 Å². The maximum Gasteiger partial charge on any atom is 0.321 e. The van der Waals surface area contributed by atoms with E-state index >= 15 is 0 Å². The minimum Gasteiger partial charge on any atom is -0.465 e. The van der Waals surface area contributed by atoms with Crippen LogP contribution in [0.2, 0.25) is 0 Å². The molecule has 3 rings (SSSR count). The molecule has 0 saturated carbocycles. The highest BCUT2D eigenvalue weighted by atomic mass is 32.2. The third kappa shape index (κ3) is 5.46. The molecule has 3 aromatic rings. The van der Waals surface area contributed by atoms with Gasteiger partial charge < -0.3 is 15.8 Å². The van der Waals surface area contributed by atoms with Crippen molar-refractivity contribution >= 4 is 33.2 Å². The van der Waals surface area contributed by atoms with E-state index < -0.39 is 27.5 Å². The molecule has 166 valence electrons. The Balaban J connectivity index is 1.77. The average molecular weight is 455 g/mol. The summed E-state index contributed by atoms with van der Waals surface area (Å²) in [4.78, 5) is 32.5. The normalized spacial score (nSPS) is 11.1. The van der Waals surface area contributed by atoms with Gasteiger partial charge >= 0.3 is 5.97 Å². The lowest BCUT2D eigenvalue weighted by Gasteiger charge is -2.09. The van der Waals surface area contributed by atoms with Crippen LogP contribution in [0.3, 0.4) is 0 Å². The van der Waals surface area contributed by atoms with Crippen molar-refractivity contribution in [1.29, 1.82) is 0 Å². The first-order valence-corrected chi connectivity index (χ1v) is 11.3. The van der Waals surface area contributed by atoms with E-state index in [1.807, 2.05) is 31.2 Å². The monoisotopic (exact) mass is 454 g/mol. The first-order valence-electron chi connectivity index (χ1n) is 9.69. The molecule has 3 N–H and O–H groups in total. The van der Waals surface area contributed by atoms with E-state index in [0.717, 1.165) is 11.1 Å². The van der Waals surface area contributed by atoms with Crippen LogP contribution < -0.4 is 11.1 Å². The van der Waals surface area contributed by atoms with Gasteiger partial charge in [0.15, 0.2) is 27.1 Å². The molecule has 0 fully saturated rings. The van der Waals surface area contributed by atoms with Crippen molar-refractivity contribution in [3.8, 4) is 11.3 Å². The number of esters is 1. The standard InChI is InChI=1S/C22H22N4O5S/c1-3-31-19(27)13-32(29,30)17-10-8-16(9-11-17)25-22(28)20-21(23)24-12-18(26-20)15-6-4-14(2)5-7-15/h4-12H,3,13H2,1-2H3,(H2,23,24)(H,25,28). The fourth-order valence-electron chi connectivity index (χ4n) is 2.81. The smallest absolute Gasteiger partial charge is 0.321 e. The molecule has 0 aliphatic carbocycles. The number of rotatable bonds is 7. The number of anilines is 2. The molecular formula is C22H22N4O5S. The molecule has 9 nitrogen and oxygen atoms in total. The molecule has 0 aliphatic rings. The zero-order valence-corrected chi connectivity index (χ0v) is 18.3. The fraction of sp³-hybridized carbons (Fsp3) is 0.182. The summed E-state index contributed by atoms with van der Waals surface area (Å²) < 4.78 is 29.3. The SMILES string of the molecule is CCOC(=O)CS(=O)(=O)c1ccc(NC(=O)c2nc(-c3ccc(C)cc3)cnc2N)cc1. The van der Waals surface area contributed by atoms with E-state index in [1.54, 1.807) is 6.92 Å². The topological polar surface area (TPSA) is 141 Å². The van der Waals surface area contributed by atoms with Gasteiger partial charge in [-0.2, -0.15) is 0 Å². The number of hydrogen-bond acceptors (Lipinski definition) is 8. The summed E-state index contributed by atoms with van der Waals surface area (Å²) in [5.74, 6) is -2.21. The van der Waals surface area contributed by atoms with Crippen molar-refractivity contribution < 1.29 is 22.7 Å². The minimum atomic E-state index is -3.85. The summed E-state index contributed by atoms with van der Waals surface area (Å²) in [6, 6.07) is 13.0. The molecule has 0 radical (unpaired) electrons. The second-order valence-electron chi connectivity index (χ2n) is 6.90. The summed E-state index contributed by atoms with van der Waals surface area (Å²) in [5, 5.41) is 2.62. The van der Waals surface area contributed by atoms with Gasteiger partial charge in [0.2, 0.25) is 0 Å². The van der Waals surface area contributed by atoms with E-state index in [0.29, 0.717) is 11.4 Å². The molecule has 0 bridgehead atoms. The van der Waals surface area contributed by atoms with Gasteiger partial charge in [0, 0.05) is 11.3 Å². The summed E-state index contributed by atoms with van der Waals surface area (Å²) in [6.07, 6.45) is 1.49. The zero-order chi connectivity index (χ0) is 23.3. The van der Waals surface area contributed by atoms with Gasteiger partial charge in [-0.15, -0.1) is 0 Å². The summed E-state index contributed by atoms with van der Waals surface area (Å²) in [6.45, 7) is 3.65. The van der Waals surface area contributed by atoms with Crippen LogP contribution in [0.1, 0.15) is 23.0 Å². The molecule has 0 atom stereocenters. The second kappa shape index (κ2) is 9.56. The van der Waals surface area contributed by atoms with Gasteiger partial charge in [-0.1, -0.05) is 29.8 Å². The molecule has 1 aromatic heterocycles. The maximum atomic E-state index is 12.7. The maximum absolute atomic E-state index is 12.7. The van der Waals surface area contributed by atoms with Crippen molar-refractivity contribution in [2.75, 3.05) is 23.4 Å². The third-order valence-electron chi connectivity index (χ3n) is 4.45. The number of nitrogens with two attached hydrogens (primary N) is 1. The highest BCUT2D eigenvalue weighted by Crippen LogP contribution is 2.21. The molecule has 0 spiro atoms. The summed E-state index contributed by atoms with van der Waals surface area (Å²) >= 11 is 0. The lowest BCUT2D eigenvalue weighted by Crippen LogP contribution is -2.19. The van der Waals surface area contributed by atoms with Crippen LogP contribution in [0.25, 0.3) is 11.3 Å². The molecule has 10 heteroatoms. The number of amides is 1. The number of benzene rings is 2. The Labute approximate surface area is 185 Å². The molecule has 32 heavy (non-hydrogen) atoms. The van der Waals surface area contributed by atoms with Crippen LogP contribution in [-0.4, -0.2) is 42.6 Å². The van der Waals surface area contributed by atoms with E-state index in [-0.39, 0.29) is 23.0 Å². The van der Waals surface area contributed by atoms with E-state index in [4.69, 9.17) is 5.73 Å². The number of carbonyl (C=O) groups excluding carboxylic acids is 2. The molecule has 1 amide bonds. The van der Waals surface area contributed by atoms with Crippen LogP contribution in [0, 0.1) is 6.92 Å². The number of hydrogen-bond donors (Lipinski definition) is 2. The Bertz CT molecular complexity index is 1240. The van der Waals surface area contributed by atoms with Crippen molar-refractivity contribution in [2.45, 2.75) is 18.7 Å². The summed E-state index contributed by atoms with van der Waals surface area (Å²) in [5.41, 5.74) is 8.48. The van der Waals surface area contributed by atoms with Crippen LogP contribution in [-0.2, 0) is 19.4 Å². The highest BCUT2D eigenvalue weighted by Gasteiger charge is 2.21. The van der Waals surface area contributed by atoms with E-state index in [1.165, 1.54) is 30.5 Å². The Morgan fingerprint density at radius 2 is 1.72 bits per heavy atom. The summed E-state index contributed by atoms with van der Waals surface area (Å²) in [7, 11) is -3.85. The predicted octanol–water partition coefficient (Wildman–Crippen LogP) is 2.62. The van der Waals surface area contributed by atoms with Gasteiger partial charge in [0.25, 0.3) is 5.91 Å². The van der Waals surface area contributed by atoms with Gasteiger partial charge in [-0.25, -0.2) is 18.4 Å². The Hall–Kier alpha value is -3.79. The lowest BCUT2D eigenvalue weighted by molar-refractivity contribution is -0.139. The third-order valence-corrected chi connectivity index (χ3v) is 6.05. The highest BCUT2D eigenvalue weighted by molar-refractivity contribution is 7.92. The molecule has 0 aliphatic heterocycles. The number of nitrogen functional groups attached to an aromatic ring is 1. The largest absolute Gasteiger partial charge is 0.465 e. The van der Waals surface area contributed by atoms with Crippen LogP contribution >= 0.6 is 0 Å². The molecule has 2 aromatic carbocycles. The van der Waals surface area contributed by atoms with Crippen LogP contribution in [0.5, 0.6) is 0 Å². The van der Waals surface area contributed by atoms with Gasteiger partial charge in [-0.3, -0.25) is 9.59 Å². The quantitative estimate of drug-likeness (QED) is 0.519. The number of ether oxygens (including phenoxy) is 1. The Kier molecular flexibility index (Phi) is 6.84. The number of aryl methyl sites for hydroxylation is 1. The van der Waals surface area contributed by atoms with Crippen molar-refractivity contribution in [2.24, 2.45) is 0 Å². The molecule has 0 saturated heterocycles. The second-order valence-corrected chi connectivity index (χ2v) is 8.89. The number of carbonyl (C=O) groups is 2. The minimum absolute atomic E-state index is 0.0352. The molecule has 0 unspecified atom stereocenters.